The first-order valence-corrected chi connectivity index (χ1v) is 6.43. The lowest BCUT2D eigenvalue weighted by molar-refractivity contribution is 0.922. The van der Waals surface area contributed by atoms with Crippen LogP contribution in [-0.4, -0.2) is 0 Å². The molecule has 1 nitrogen and oxygen atoms in total. The van der Waals surface area contributed by atoms with Gasteiger partial charge in [-0.3, -0.25) is 0 Å². The largest absolute Gasteiger partial charge is 0.183 e. The lowest BCUT2D eigenvalue weighted by atomic mass is 10.0. The fraction of sp³-hybridized carbons (Fsp3) is 0.167. The van der Waals surface area contributed by atoms with Crippen LogP contribution in [0.25, 0.3) is 11.1 Å². The fourth-order valence-electron chi connectivity index (χ4n) is 2.00. The van der Waals surface area contributed by atoms with E-state index in [1.54, 1.807) is 0 Å². The van der Waals surface area contributed by atoms with Crippen LogP contribution in [0.15, 0.2) is 48.5 Å². The van der Waals surface area contributed by atoms with E-state index in [1.165, 1.54) is 23.1 Å². The molecule has 0 saturated heterocycles. The molecule has 0 amide bonds. The van der Waals surface area contributed by atoms with Crippen molar-refractivity contribution in [3.05, 3.63) is 59.7 Å². The summed E-state index contributed by atoms with van der Waals surface area (Å²) in [6, 6.07) is 18.5. The van der Waals surface area contributed by atoms with E-state index < -0.39 is 0 Å². The summed E-state index contributed by atoms with van der Waals surface area (Å²) in [6.45, 7) is 2.19. The maximum Gasteiger partial charge on any atom is 0.152 e. The van der Waals surface area contributed by atoms with Crippen LogP contribution in [-0.2, 0) is 6.42 Å². The third-order valence-corrected chi connectivity index (χ3v) is 2.97. The first-order chi connectivity index (χ1) is 9.33. The number of aryl methyl sites for hydroxylation is 1. The summed E-state index contributed by atoms with van der Waals surface area (Å²) >= 11 is 0. The normalized spacial score (nSPS) is 9.26. The summed E-state index contributed by atoms with van der Waals surface area (Å²) < 4.78 is 0. The van der Waals surface area contributed by atoms with Gasteiger partial charge in [0, 0.05) is 11.5 Å². The molecule has 0 radical (unpaired) electrons. The zero-order chi connectivity index (χ0) is 13.5. The Morgan fingerprint density at radius 1 is 0.895 bits per heavy atom. The zero-order valence-corrected chi connectivity index (χ0v) is 11.0. The van der Waals surface area contributed by atoms with Crippen molar-refractivity contribution in [1.82, 2.24) is 0 Å². The number of nitrogens with zero attached hydrogens (tertiary/aromatic N) is 1. The molecule has 2 rings (SSSR count). The molecule has 0 N–H and O–H groups in total. The molecule has 0 aromatic heterocycles. The lowest BCUT2D eigenvalue weighted by Gasteiger charge is -2.04. The highest BCUT2D eigenvalue weighted by Gasteiger charge is 1.98. The van der Waals surface area contributed by atoms with Crippen LogP contribution >= 0.6 is 0 Å². The summed E-state index contributed by atoms with van der Waals surface area (Å²) in [5, 5.41) is 8.41. The first kappa shape index (κ1) is 12.9. The average molecular weight is 245 g/mol. The van der Waals surface area contributed by atoms with Crippen molar-refractivity contribution in [1.29, 1.82) is 5.26 Å². The van der Waals surface area contributed by atoms with Gasteiger partial charge in [0.2, 0.25) is 0 Å². The minimum atomic E-state index is 0.868. The molecule has 0 aliphatic rings. The molecule has 0 unspecified atom stereocenters. The Morgan fingerprint density at radius 2 is 1.47 bits per heavy atom. The van der Waals surface area contributed by atoms with Crippen LogP contribution in [0.1, 0.15) is 24.5 Å². The predicted molar refractivity (Wildman–Crippen MR) is 78.4 cm³/mol. The molecule has 0 fully saturated rings. The van der Waals surface area contributed by atoms with Gasteiger partial charge in [-0.15, -0.1) is 0 Å². The van der Waals surface area contributed by atoms with E-state index in [0.29, 0.717) is 0 Å². The Hall–Kier alpha value is -2.51. The monoisotopic (exact) mass is 245 g/mol. The van der Waals surface area contributed by atoms with Gasteiger partial charge < -0.3 is 0 Å². The number of hydrogen-bond donors (Lipinski definition) is 0. The molecule has 2 aromatic carbocycles. The number of benzene rings is 2. The third kappa shape index (κ3) is 3.47. The van der Waals surface area contributed by atoms with Gasteiger partial charge in [-0.2, -0.15) is 5.26 Å². The summed E-state index contributed by atoms with van der Waals surface area (Å²) in [5.41, 5.74) is 4.63. The van der Waals surface area contributed by atoms with Crippen LogP contribution < -0.4 is 0 Å². The molecule has 0 atom stereocenters. The highest BCUT2D eigenvalue weighted by atomic mass is 14.2. The van der Waals surface area contributed by atoms with E-state index >= 15 is 0 Å². The molecule has 19 heavy (non-hydrogen) atoms. The van der Waals surface area contributed by atoms with Crippen molar-refractivity contribution in [3.63, 3.8) is 0 Å². The number of hydrogen-bond acceptors (Lipinski definition) is 1. The quantitative estimate of drug-likeness (QED) is 0.744. The van der Waals surface area contributed by atoms with Crippen molar-refractivity contribution in [2.75, 3.05) is 0 Å². The Bertz CT molecular complexity index is 631. The summed E-state index contributed by atoms with van der Waals surface area (Å²) in [5.74, 6) is 5.19. The molecular formula is C18H15N. The molecule has 2 aromatic rings. The molecule has 0 aliphatic carbocycles. The van der Waals surface area contributed by atoms with Crippen molar-refractivity contribution in [2.24, 2.45) is 0 Å². The molecular weight excluding hydrogens is 230 g/mol. The van der Waals surface area contributed by atoms with Crippen LogP contribution in [0.2, 0.25) is 0 Å². The van der Waals surface area contributed by atoms with Crippen LogP contribution in [0.3, 0.4) is 0 Å². The molecule has 0 aliphatic heterocycles. The van der Waals surface area contributed by atoms with E-state index in [-0.39, 0.29) is 0 Å². The van der Waals surface area contributed by atoms with Crippen molar-refractivity contribution in [3.8, 4) is 29.0 Å². The Morgan fingerprint density at radius 3 is 2.00 bits per heavy atom. The predicted octanol–water partition coefficient (Wildman–Crippen LogP) is 4.18. The average Bonchev–Trinajstić information content (AvgIpc) is 2.47. The van der Waals surface area contributed by atoms with E-state index in [2.05, 4.69) is 43.0 Å². The minimum absolute atomic E-state index is 0.868. The summed E-state index contributed by atoms with van der Waals surface area (Å²) in [4.78, 5) is 0. The zero-order valence-electron chi connectivity index (χ0n) is 11.0. The second kappa shape index (κ2) is 6.43. The van der Waals surface area contributed by atoms with Gasteiger partial charge in [-0.1, -0.05) is 55.7 Å². The van der Waals surface area contributed by atoms with Gasteiger partial charge >= 0.3 is 0 Å². The minimum Gasteiger partial charge on any atom is -0.183 e. The maximum absolute atomic E-state index is 8.41. The standard InChI is InChI=1S/C18H15N/c1-2-4-15-6-10-17(11-7-15)18-12-8-16(9-13-18)5-3-14-19/h6-13H,2,4H2,1H3. The lowest BCUT2D eigenvalue weighted by Crippen LogP contribution is -1.84. The van der Waals surface area contributed by atoms with E-state index in [0.717, 1.165) is 12.0 Å². The fourth-order valence-corrected chi connectivity index (χ4v) is 2.00. The molecule has 0 heterocycles. The Balaban J connectivity index is 2.20. The molecule has 92 valence electrons. The Labute approximate surface area is 114 Å². The van der Waals surface area contributed by atoms with E-state index in [1.807, 2.05) is 30.3 Å². The molecule has 0 bridgehead atoms. The molecule has 0 spiro atoms. The highest BCUT2D eigenvalue weighted by Crippen LogP contribution is 2.20. The first-order valence-electron chi connectivity index (χ1n) is 6.43. The van der Waals surface area contributed by atoms with Gasteiger partial charge in [-0.05, 0) is 35.2 Å². The van der Waals surface area contributed by atoms with Crippen LogP contribution in [0.4, 0.5) is 0 Å². The van der Waals surface area contributed by atoms with Gasteiger partial charge in [0.1, 0.15) is 0 Å². The van der Waals surface area contributed by atoms with Gasteiger partial charge in [0.05, 0.1) is 0 Å². The second-order valence-electron chi connectivity index (χ2n) is 4.39. The van der Waals surface area contributed by atoms with Gasteiger partial charge in [0.15, 0.2) is 6.07 Å². The molecule has 0 saturated carbocycles. The van der Waals surface area contributed by atoms with E-state index in [4.69, 9.17) is 5.26 Å². The number of nitriles is 1. The SMILES string of the molecule is CCCc1ccc(-c2ccc(C#CC#N)cc2)cc1. The smallest absolute Gasteiger partial charge is 0.152 e. The van der Waals surface area contributed by atoms with Crippen molar-refractivity contribution in [2.45, 2.75) is 19.8 Å². The van der Waals surface area contributed by atoms with E-state index in [9.17, 15) is 0 Å². The second-order valence-corrected chi connectivity index (χ2v) is 4.39. The van der Waals surface area contributed by atoms with Gasteiger partial charge in [0.25, 0.3) is 0 Å². The highest BCUT2D eigenvalue weighted by molar-refractivity contribution is 5.64. The third-order valence-electron chi connectivity index (χ3n) is 2.97. The van der Waals surface area contributed by atoms with Crippen LogP contribution in [0, 0.1) is 23.2 Å². The molecule has 1 heteroatoms. The number of rotatable bonds is 3. The Kier molecular flexibility index (Phi) is 4.38. The van der Waals surface area contributed by atoms with Crippen molar-refractivity contribution >= 4 is 0 Å². The maximum atomic E-state index is 8.41. The topological polar surface area (TPSA) is 23.8 Å². The van der Waals surface area contributed by atoms with Crippen molar-refractivity contribution < 1.29 is 0 Å². The summed E-state index contributed by atoms with van der Waals surface area (Å²) in [7, 11) is 0. The van der Waals surface area contributed by atoms with Crippen LogP contribution in [0.5, 0.6) is 0 Å². The van der Waals surface area contributed by atoms with Gasteiger partial charge in [-0.25, -0.2) is 0 Å². The summed E-state index contributed by atoms with van der Waals surface area (Å²) in [6.07, 6.45) is 2.30.